The quantitative estimate of drug-likeness (QED) is 0.684. The molecule has 0 aliphatic rings. The summed E-state index contributed by atoms with van der Waals surface area (Å²) in [6.07, 6.45) is 0. The number of carbonyl (C=O) groups is 1. The van der Waals surface area contributed by atoms with Gasteiger partial charge in [-0.25, -0.2) is 4.79 Å². The van der Waals surface area contributed by atoms with Crippen LogP contribution in [0.4, 0.5) is 0 Å². The van der Waals surface area contributed by atoms with Crippen molar-refractivity contribution in [2.24, 2.45) is 0 Å². The third-order valence-electron chi connectivity index (χ3n) is 2.33. The lowest BCUT2D eigenvalue weighted by Crippen LogP contribution is -2.10. The summed E-state index contributed by atoms with van der Waals surface area (Å²) < 4.78 is 20.6. The van der Waals surface area contributed by atoms with Gasteiger partial charge in [-0.05, 0) is 18.2 Å². The highest BCUT2D eigenvalue weighted by Crippen LogP contribution is 2.27. The molecule has 0 atom stereocenters. The van der Waals surface area contributed by atoms with Crippen molar-refractivity contribution < 1.29 is 28.8 Å². The summed E-state index contributed by atoms with van der Waals surface area (Å²) in [5.74, 6) is -0.136. The van der Waals surface area contributed by atoms with Crippen LogP contribution in [0.25, 0.3) is 0 Å². The monoisotopic (exact) mass is 270 g/mol. The Morgan fingerprint density at radius 2 is 1.84 bits per heavy atom. The molecule has 0 unspecified atom stereocenters. The smallest absolute Gasteiger partial charge is 0.335 e. The summed E-state index contributed by atoms with van der Waals surface area (Å²) in [6.45, 7) is 1.72. The zero-order valence-electron chi connectivity index (χ0n) is 11.0. The first-order chi connectivity index (χ1) is 9.19. The van der Waals surface area contributed by atoms with Crippen LogP contribution in [-0.2, 0) is 9.47 Å². The highest BCUT2D eigenvalue weighted by atomic mass is 16.5. The molecule has 19 heavy (non-hydrogen) atoms. The second-order valence-electron chi connectivity index (χ2n) is 3.62. The normalized spacial score (nSPS) is 10.2. The van der Waals surface area contributed by atoms with E-state index in [0.717, 1.165) is 0 Å². The molecule has 1 aromatic carbocycles. The van der Waals surface area contributed by atoms with Crippen LogP contribution >= 0.6 is 0 Å². The molecule has 0 heterocycles. The molecule has 6 heteroatoms. The Hall–Kier alpha value is -1.79. The van der Waals surface area contributed by atoms with E-state index in [0.29, 0.717) is 37.9 Å². The summed E-state index contributed by atoms with van der Waals surface area (Å²) in [6, 6.07) is 4.45. The van der Waals surface area contributed by atoms with E-state index in [1.165, 1.54) is 19.2 Å². The molecule has 1 aromatic rings. The lowest BCUT2D eigenvalue weighted by molar-refractivity contribution is 0.0539. The van der Waals surface area contributed by atoms with E-state index in [-0.39, 0.29) is 5.56 Å². The number of benzene rings is 1. The van der Waals surface area contributed by atoms with Gasteiger partial charge in [-0.3, -0.25) is 0 Å². The number of carboxylic acid groups (broad SMARTS) is 1. The predicted octanol–water partition coefficient (Wildman–Crippen LogP) is 1.44. The molecule has 0 aliphatic heterocycles. The van der Waals surface area contributed by atoms with Gasteiger partial charge in [0, 0.05) is 7.11 Å². The zero-order chi connectivity index (χ0) is 14.1. The third kappa shape index (κ3) is 5.15. The molecule has 1 N–H and O–H groups in total. The molecule has 0 fully saturated rings. The summed E-state index contributed by atoms with van der Waals surface area (Å²) in [4.78, 5) is 10.9. The molecular weight excluding hydrogens is 252 g/mol. The van der Waals surface area contributed by atoms with Crippen LogP contribution in [0.3, 0.4) is 0 Å². The fraction of sp³-hybridized carbons (Fsp3) is 0.462. The van der Waals surface area contributed by atoms with E-state index in [9.17, 15) is 4.79 Å². The lowest BCUT2D eigenvalue weighted by Gasteiger charge is -2.11. The van der Waals surface area contributed by atoms with Crippen molar-refractivity contribution in [3.05, 3.63) is 23.8 Å². The van der Waals surface area contributed by atoms with Crippen molar-refractivity contribution in [3.8, 4) is 11.5 Å². The Balaban J connectivity index is 2.50. The molecule has 0 aliphatic carbocycles. The summed E-state index contributed by atoms with van der Waals surface area (Å²) in [5, 5.41) is 8.91. The maximum Gasteiger partial charge on any atom is 0.335 e. The summed E-state index contributed by atoms with van der Waals surface area (Å²) in [5.41, 5.74) is 0.149. The minimum absolute atomic E-state index is 0.149. The topological polar surface area (TPSA) is 74.2 Å². The Labute approximate surface area is 111 Å². The molecule has 0 radical (unpaired) electrons. The van der Waals surface area contributed by atoms with Crippen molar-refractivity contribution in [1.29, 1.82) is 0 Å². The number of rotatable bonds is 9. The van der Waals surface area contributed by atoms with Crippen LogP contribution in [0.15, 0.2) is 18.2 Å². The van der Waals surface area contributed by atoms with Crippen LogP contribution in [0.2, 0.25) is 0 Å². The van der Waals surface area contributed by atoms with E-state index in [1.54, 1.807) is 13.2 Å². The molecule has 0 spiro atoms. The van der Waals surface area contributed by atoms with Gasteiger partial charge in [-0.2, -0.15) is 0 Å². The summed E-state index contributed by atoms with van der Waals surface area (Å²) in [7, 11) is 3.10. The first kappa shape index (κ1) is 15.3. The predicted molar refractivity (Wildman–Crippen MR) is 68.1 cm³/mol. The van der Waals surface area contributed by atoms with E-state index in [2.05, 4.69) is 0 Å². The molecular formula is C13H18O6. The maximum absolute atomic E-state index is 10.9. The molecule has 6 nitrogen and oxygen atoms in total. The molecule has 0 saturated carbocycles. The molecule has 0 saturated heterocycles. The number of hydrogen-bond acceptors (Lipinski definition) is 5. The van der Waals surface area contributed by atoms with Crippen LogP contribution in [-0.4, -0.2) is 51.7 Å². The van der Waals surface area contributed by atoms with E-state index < -0.39 is 5.97 Å². The number of hydrogen-bond donors (Lipinski definition) is 1. The van der Waals surface area contributed by atoms with Crippen molar-refractivity contribution in [2.75, 3.05) is 40.6 Å². The maximum atomic E-state index is 10.9. The van der Waals surface area contributed by atoms with Crippen molar-refractivity contribution in [2.45, 2.75) is 0 Å². The van der Waals surface area contributed by atoms with E-state index in [4.69, 9.17) is 24.1 Å². The number of aromatic carboxylic acids is 1. The molecule has 106 valence electrons. The number of carboxylic acids is 1. The Bertz CT molecular complexity index is 404. The number of methoxy groups -OCH3 is 2. The van der Waals surface area contributed by atoms with Gasteiger partial charge < -0.3 is 24.1 Å². The lowest BCUT2D eigenvalue weighted by atomic mass is 10.2. The fourth-order valence-electron chi connectivity index (χ4n) is 1.38. The average molecular weight is 270 g/mol. The number of ether oxygens (including phenoxy) is 4. The molecule has 0 bridgehead atoms. The molecule has 1 rings (SSSR count). The summed E-state index contributed by atoms with van der Waals surface area (Å²) >= 11 is 0. The zero-order valence-corrected chi connectivity index (χ0v) is 11.0. The Morgan fingerprint density at radius 1 is 1.11 bits per heavy atom. The van der Waals surface area contributed by atoms with Crippen molar-refractivity contribution in [1.82, 2.24) is 0 Å². The Kier molecular flexibility index (Phi) is 6.70. The van der Waals surface area contributed by atoms with Gasteiger partial charge in [0.05, 0.1) is 32.5 Å². The van der Waals surface area contributed by atoms with Gasteiger partial charge in [0.15, 0.2) is 11.5 Å². The van der Waals surface area contributed by atoms with Gasteiger partial charge >= 0.3 is 5.97 Å². The second kappa shape index (κ2) is 8.34. The van der Waals surface area contributed by atoms with Crippen molar-refractivity contribution >= 4 is 5.97 Å². The van der Waals surface area contributed by atoms with Crippen LogP contribution in [0.5, 0.6) is 11.5 Å². The van der Waals surface area contributed by atoms with Gasteiger partial charge in [-0.1, -0.05) is 0 Å². The van der Waals surface area contributed by atoms with E-state index >= 15 is 0 Å². The van der Waals surface area contributed by atoms with E-state index in [1.807, 2.05) is 0 Å². The highest BCUT2D eigenvalue weighted by Gasteiger charge is 2.09. The third-order valence-corrected chi connectivity index (χ3v) is 2.33. The van der Waals surface area contributed by atoms with Crippen molar-refractivity contribution in [3.63, 3.8) is 0 Å². The Morgan fingerprint density at radius 3 is 2.47 bits per heavy atom. The standard InChI is InChI=1S/C13H18O6/c1-16-5-6-18-7-8-19-12-9-10(13(14)15)3-4-11(12)17-2/h3-4,9H,5-8H2,1-2H3,(H,14,15). The fourth-order valence-corrected chi connectivity index (χ4v) is 1.38. The largest absolute Gasteiger partial charge is 0.493 e. The van der Waals surface area contributed by atoms with Crippen LogP contribution in [0, 0.1) is 0 Å². The first-order valence-electron chi connectivity index (χ1n) is 5.80. The first-order valence-corrected chi connectivity index (χ1v) is 5.80. The molecule has 0 amide bonds. The highest BCUT2D eigenvalue weighted by molar-refractivity contribution is 5.88. The minimum Gasteiger partial charge on any atom is -0.493 e. The SMILES string of the molecule is COCCOCCOc1cc(C(=O)O)ccc1OC. The molecule has 0 aromatic heterocycles. The van der Waals surface area contributed by atoms with Crippen LogP contribution < -0.4 is 9.47 Å². The second-order valence-corrected chi connectivity index (χ2v) is 3.62. The minimum atomic E-state index is -1.01. The van der Waals surface area contributed by atoms with Gasteiger partial charge in [-0.15, -0.1) is 0 Å². The van der Waals surface area contributed by atoms with Crippen LogP contribution in [0.1, 0.15) is 10.4 Å². The van der Waals surface area contributed by atoms with Gasteiger partial charge in [0.1, 0.15) is 6.61 Å². The van der Waals surface area contributed by atoms with Gasteiger partial charge in [0.25, 0.3) is 0 Å². The average Bonchev–Trinajstić information content (AvgIpc) is 2.42. The van der Waals surface area contributed by atoms with Gasteiger partial charge in [0.2, 0.25) is 0 Å².